The fourth-order valence-corrected chi connectivity index (χ4v) is 5.24. The summed E-state index contributed by atoms with van der Waals surface area (Å²) >= 11 is 0. The van der Waals surface area contributed by atoms with Gasteiger partial charge in [0.2, 0.25) is 0 Å². The van der Waals surface area contributed by atoms with Gasteiger partial charge in [-0.15, -0.1) is 24.8 Å². The van der Waals surface area contributed by atoms with Crippen LogP contribution in [0.15, 0.2) is 59.5 Å². The van der Waals surface area contributed by atoms with Crippen molar-refractivity contribution in [3.05, 3.63) is 82.0 Å². The van der Waals surface area contributed by atoms with Gasteiger partial charge in [-0.3, -0.25) is 9.55 Å². The van der Waals surface area contributed by atoms with Crippen molar-refractivity contribution in [3.63, 3.8) is 0 Å². The van der Waals surface area contributed by atoms with Crippen LogP contribution in [0.5, 0.6) is 0 Å². The number of alkyl halides is 3. The third-order valence-electron chi connectivity index (χ3n) is 7.15. The highest BCUT2D eigenvalue weighted by atomic mass is 35.5. The Morgan fingerprint density at radius 2 is 1.67 bits per heavy atom. The Hall–Kier alpha value is -2.42. The van der Waals surface area contributed by atoms with Gasteiger partial charge in [0.15, 0.2) is 0 Å². The van der Waals surface area contributed by atoms with E-state index in [0.717, 1.165) is 50.2 Å². The number of piperidine rings is 1. The summed E-state index contributed by atoms with van der Waals surface area (Å²) in [6, 6.07) is 13.2. The van der Waals surface area contributed by atoms with Gasteiger partial charge in [-0.2, -0.15) is 18.2 Å². The van der Waals surface area contributed by atoms with Crippen LogP contribution in [0.3, 0.4) is 0 Å². The van der Waals surface area contributed by atoms with Crippen LogP contribution in [-0.4, -0.2) is 39.1 Å². The minimum atomic E-state index is -4.30. The van der Waals surface area contributed by atoms with Gasteiger partial charge in [0.1, 0.15) is 0 Å². The zero-order valence-corrected chi connectivity index (χ0v) is 21.5. The molecule has 3 heterocycles. The molecule has 2 aliphatic rings. The van der Waals surface area contributed by atoms with E-state index in [0.29, 0.717) is 23.9 Å². The van der Waals surface area contributed by atoms with Crippen molar-refractivity contribution in [3.8, 4) is 11.4 Å². The van der Waals surface area contributed by atoms with Gasteiger partial charge in [-0.05, 0) is 74.5 Å². The lowest BCUT2D eigenvalue weighted by molar-refractivity contribution is -0.137. The molecule has 5 rings (SSSR count). The highest BCUT2D eigenvalue weighted by molar-refractivity contribution is 5.85. The normalized spacial score (nSPS) is 20.8. The lowest BCUT2D eigenvalue weighted by atomic mass is 9.94. The topological polar surface area (TPSA) is 51.0 Å². The van der Waals surface area contributed by atoms with E-state index in [4.69, 9.17) is 0 Å². The summed E-state index contributed by atoms with van der Waals surface area (Å²) in [5.74, 6) is 0.527. The van der Waals surface area contributed by atoms with E-state index in [9.17, 15) is 18.0 Å². The van der Waals surface area contributed by atoms with Crippen molar-refractivity contribution >= 4 is 24.8 Å². The number of aromatic nitrogens is 3. The number of hydrogen-bond acceptors (Lipinski definition) is 4. The molecule has 5 nitrogen and oxygen atoms in total. The minimum absolute atomic E-state index is 0. The maximum Gasteiger partial charge on any atom is 0.416 e. The number of nitrogens with zero attached hydrogens (tertiary/aromatic N) is 4. The summed E-state index contributed by atoms with van der Waals surface area (Å²) in [6.45, 7) is 5.31. The van der Waals surface area contributed by atoms with Crippen molar-refractivity contribution in [2.24, 2.45) is 5.92 Å². The summed E-state index contributed by atoms with van der Waals surface area (Å²) in [5, 5.41) is 0. The number of halogens is 5. The largest absolute Gasteiger partial charge is 0.416 e. The molecule has 1 aromatic carbocycles. The predicted octanol–water partition coefficient (Wildman–Crippen LogP) is 5.53. The number of benzene rings is 1. The number of likely N-dealkylation sites (tertiary alicyclic amines) is 1. The third-order valence-corrected chi connectivity index (χ3v) is 7.15. The van der Waals surface area contributed by atoms with Gasteiger partial charge >= 0.3 is 11.9 Å². The van der Waals surface area contributed by atoms with Crippen molar-refractivity contribution < 1.29 is 13.2 Å². The molecule has 0 bridgehead atoms. The van der Waals surface area contributed by atoms with E-state index in [2.05, 4.69) is 14.9 Å². The molecule has 1 saturated heterocycles. The highest BCUT2D eigenvalue weighted by Gasteiger charge is 2.60. The Morgan fingerprint density at radius 3 is 2.33 bits per heavy atom. The quantitative estimate of drug-likeness (QED) is 0.370. The number of aryl methyl sites for hydroxylation is 2. The molecule has 0 amide bonds. The average Bonchev–Trinajstić information content (AvgIpc) is 3.38. The van der Waals surface area contributed by atoms with E-state index in [1.807, 2.05) is 31.2 Å². The maximum atomic E-state index is 12.9. The molecule has 0 N–H and O–H groups in total. The van der Waals surface area contributed by atoms with Crippen molar-refractivity contribution in [1.29, 1.82) is 0 Å². The lowest BCUT2D eigenvalue weighted by Crippen LogP contribution is -2.28. The number of rotatable bonds is 7. The Labute approximate surface area is 220 Å². The van der Waals surface area contributed by atoms with Crippen LogP contribution in [0.25, 0.3) is 11.4 Å². The number of fused-ring (bicyclic) bond motifs is 1. The van der Waals surface area contributed by atoms with E-state index < -0.39 is 11.7 Å². The lowest BCUT2D eigenvalue weighted by Gasteiger charge is -2.21. The Balaban J connectivity index is 0.00000180. The van der Waals surface area contributed by atoms with Crippen molar-refractivity contribution in [2.45, 2.75) is 44.3 Å². The van der Waals surface area contributed by atoms with Gasteiger partial charge in [0.05, 0.1) is 17.0 Å². The van der Waals surface area contributed by atoms with Crippen LogP contribution in [0.4, 0.5) is 13.2 Å². The molecular formula is C26H29Cl2F3N4O. The first-order chi connectivity index (χ1) is 16.2. The van der Waals surface area contributed by atoms with Crippen molar-refractivity contribution in [2.75, 3.05) is 19.6 Å². The summed E-state index contributed by atoms with van der Waals surface area (Å²) in [4.78, 5) is 23.4. The molecule has 3 aromatic rings. The molecule has 1 saturated carbocycles. The Bertz CT molecular complexity index is 1250. The first-order valence-electron chi connectivity index (χ1n) is 11.7. The molecule has 2 aromatic heterocycles. The van der Waals surface area contributed by atoms with Crippen molar-refractivity contribution in [1.82, 2.24) is 19.4 Å². The molecule has 0 spiro atoms. The first kappa shape index (κ1) is 28.2. The fourth-order valence-electron chi connectivity index (χ4n) is 5.24. The van der Waals surface area contributed by atoms with E-state index in [-0.39, 0.29) is 35.9 Å². The van der Waals surface area contributed by atoms with E-state index >= 15 is 0 Å². The third kappa shape index (κ3) is 5.76. The standard InChI is InChI=1S/C26H27F3N4O.2ClH/c1-18-5-4-6-22(30-18)23-11-14-33(24(34)31-23)13-3-2-12-32-16-21-15-25(21,17-32)19-7-9-20(10-8-19)26(27,28)29;;/h4-11,14,21H,2-3,12-13,15-17H2,1H3;2*1H/t21-,25+;;/m0../s1. The minimum Gasteiger partial charge on any atom is -0.302 e. The van der Waals surface area contributed by atoms with Gasteiger partial charge in [0, 0.05) is 36.9 Å². The number of unbranched alkanes of at least 4 members (excludes halogenated alkanes) is 1. The van der Waals surface area contributed by atoms with Gasteiger partial charge in [-0.1, -0.05) is 18.2 Å². The second kappa shape index (κ2) is 10.9. The molecule has 1 aliphatic carbocycles. The van der Waals surface area contributed by atoms with Gasteiger partial charge < -0.3 is 4.90 Å². The van der Waals surface area contributed by atoms with Gasteiger partial charge in [0.25, 0.3) is 0 Å². The van der Waals surface area contributed by atoms with Gasteiger partial charge in [-0.25, -0.2) is 4.79 Å². The van der Waals surface area contributed by atoms with E-state index in [1.165, 1.54) is 12.1 Å². The SMILES string of the molecule is Cc1cccc(-c2ccn(CCCCN3C[C@@H]4C[C@]4(c4ccc(C(F)(F)F)cc4)C3)c(=O)n2)n1.Cl.Cl. The molecule has 0 unspecified atom stereocenters. The fraction of sp³-hybridized carbons (Fsp3) is 0.423. The molecule has 194 valence electrons. The summed E-state index contributed by atoms with van der Waals surface area (Å²) in [6.07, 6.45) is 0.342. The molecule has 10 heteroatoms. The smallest absolute Gasteiger partial charge is 0.302 e. The van der Waals surface area contributed by atoms with Crippen LogP contribution >= 0.6 is 24.8 Å². The summed E-state index contributed by atoms with van der Waals surface area (Å²) in [7, 11) is 0. The number of pyridine rings is 1. The monoisotopic (exact) mass is 540 g/mol. The van der Waals surface area contributed by atoms with Crippen LogP contribution in [0.2, 0.25) is 0 Å². The molecular weight excluding hydrogens is 512 g/mol. The van der Waals surface area contributed by atoms with Crippen LogP contribution < -0.4 is 5.69 Å². The zero-order chi connectivity index (χ0) is 23.9. The molecule has 36 heavy (non-hydrogen) atoms. The molecule has 2 fully saturated rings. The average molecular weight is 541 g/mol. The molecule has 1 aliphatic heterocycles. The maximum absolute atomic E-state index is 12.9. The second-order valence-corrected chi connectivity index (χ2v) is 9.53. The Morgan fingerprint density at radius 1 is 0.972 bits per heavy atom. The summed E-state index contributed by atoms with van der Waals surface area (Å²) < 4.78 is 40.2. The highest BCUT2D eigenvalue weighted by Crippen LogP contribution is 2.59. The molecule has 2 atom stereocenters. The van der Waals surface area contributed by atoms with Crippen LogP contribution in [-0.2, 0) is 18.1 Å². The zero-order valence-electron chi connectivity index (χ0n) is 19.9. The first-order valence-corrected chi connectivity index (χ1v) is 11.7. The summed E-state index contributed by atoms with van der Waals surface area (Å²) in [5.41, 5.74) is 2.33. The molecule has 0 radical (unpaired) electrons. The second-order valence-electron chi connectivity index (χ2n) is 9.53. The number of hydrogen-bond donors (Lipinski definition) is 0. The Kier molecular flexibility index (Phi) is 8.53. The predicted molar refractivity (Wildman–Crippen MR) is 138 cm³/mol. The van der Waals surface area contributed by atoms with E-state index in [1.54, 1.807) is 22.9 Å². The van der Waals surface area contributed by atoms with Crippen LogP contribution in [0, 0.1) is 12.8 Å². The van der Waals surface area contributed by atoms with Crippen LogP contribution in [0.1, 0.15) is 36.1 Å².